The summed E-state index contributed by atoms with van der Waals surface area (Å²) >= 11 is 0. The molecule has 5 heteroatoms. The van der Waals surface area contributed by atoms with Crippen LogP contribution >= 0.6 is 0 Å². The third-order valence-electron chi connectivity index (χ3n) is 12.0. The van der Waals surface area contributed by atoms with Gasteiger partial charge in [0.25, 0.3) is 0 Å². The summed E-state index contributed by atoms with van der Waals surface area (Å²) in [6.07, 6.45) is 1.95. The van der Waals surface area contributed by atoms with Crippen LogP contribution in [0.15, 0.2) is 121 Å². The Balaban J connectivity index is 1.20. The van der Waals surface area contributed by atoms with Gasteiger partial charge >= 0.3 is 0 Å². The van der Waals surface area contributed by atoms with Crippen LogP contribution in [0.5, 0.6) is 0 Å². The molecule has 0 aliphatic carbocycles. The van der Waals surface area contributed by atoms with Crippen LogP contribution in [0.1, 0.15) is 63.8 Å². The predicted octanol–water partition coefficient (Wildman–Crippen LogP) is 12.5. The normalized spacial score (nSPS) is 19.4. The van der Waals surface area contributed by atoms with Crippen molar-refractivity contribution in [3.8, 4) is 5.82 Å². The van der Waals surface area contributed by atoms with Gasteiger partial charge in [-0.15, -0.1) is 0 Å². The van der Waals surface area contributed by atoms with E-state index in [4.69, 9.17) is 4.98 Å². The number of para-hydroxylation sites is 2. The molecule has 2 atom stereocenters. The van der Waals surface area contributed by atoms with E-state index < -0.39 is 0 Å². The minimum absolute atomic E-state index is 0.0183. The van der Waals surface area contributed by atoms with E-state index in [0.29, 0.717) is 0 Å². The summed E-state index contributed by atoms with van der Waals surface area (Å²) in [5.74, 6) is 0.947. The van der Waals surface area contributed by atoms with Crippen LogP contribution in [0.4, 0.5) is 34.1 Å². The number of anilines is 2. The molecule has 3 aliphatic heterocycles. The molecule has 0 N–H and O–H groups in total. The molecule has 0 radical (unpaired) electrons. The number of pyridine rings is 1. The summed E-state index contributed by atoms with van der Waals surface area (Å²) in [4.78, 5) is 7.30. The number of aromatic nitrogens is 2. The first kappa shape index (κ1) is 33.6. The molecule has 53 heavy (non-hydrogen) atoms. The Morgan fingerprint density at radius 1 is 0.604 bits per heavy atom. The van der Waals surface area contributed by atoms with Gasteiger partial charge in [0.2, 0.25) is 0 Å². The van der Waals surface area contributed by atoms with Crippen molar-refractivity contribution in [2.45, 2.75) is 66.2 Å². The van der Waals surface area contributed by atoms with Gasteiger partial charge in [0.1, 0.15) is 17.2 Å². The summed E-state index contributed by atoms with van der Waals surface area (Å²) in [7, 11) is 2.22. The third kappa shape index (κ3) is 5.01. The molecule has 10 rings (SSSR count). The molecule has 3 aliphatic rings. The molecule has 1 saturated heterocycles. The predicted molar refractivity (Wildman–Crippen MR) is 225 cm³/mol. The Hall–Kier alpha value is -5.23. The van der Waals surface area contributed by atoms with E-state index in [-0.39, 0.29) is 10.8 Å². The van der Waals surface area contributed by atoms with E-state index in [1.54, 1.807) is 0 Å². The summed E-state index contributed by atoms with van der Waals surface area (Å²) in [5, 5.41) is 2.46. The Morgan fingerprint density at radius 3 is 1.91 bits per heavy atom. The molecule has 0 spiro atoms. The van der Waals surface area contributed by atoms with Crippen molar-refractivity contribution < 1.29 is 0 Å². The molecule has 5 heterocycles. The zero-order chi connectivity index (χ0) is 37.1. The van der Waals surface area contributed by atoms with Gasteiger partial charge in [-0.1, -0.05) is 84.0 Å². The Morgan fingerprint density at radius 2 is 1.23 bits per heavy atom. The molecule has 0 saturated carbocycles. The van der Waals surface area contributed by atoms with E-state index in [9.17, 15) is 0 Å². The summed E-state index contributed by atoms with van der Waals surface area (Å²) in [6.45, 7) is 21.7. The Labute approximate surface area is 314 Å². The topological polar surface area (TPSA) is 21.1 Å². The Bertz CT molecular complexity index is 2570. The van der Waals surface area contributed by atoms with Crippen LogP contribution in [0.2, 0.25) is 0 Å². The van der Waals surface area contributed by atoms with Crippen molar-refractivity contribution in [1.82, 2.24) is 18.5 Å². The van der Waals surface area contributed by atoms with E-state index in [2.05, 4.69) is 194 Å². The maximum Gasteiger partial charge on any atom is 0.186 e. The monoisotopic (exact) mass is 696 g/mol. The lowest BCUT2D eigenvalue weighted by atomic mass is 9.86. The largest absolute Gasteiger partial charge is 0.344 e. The summed E-state index contributed by atoms with van der Waals surface area (Å²) in [6, 6.07) is 43.2. The molecule has 7 aromatic rings. The molecular formula is C48H50N5+. The molecule has 0 amide bonds. The molecule has 2 aromatic heterocycles. The number of nitrogens with zero attached hydrogens (tertiary/aromatic N) is 5. The fourth-order valence-corrected chi connectivity index (χ4v) is 8.66. The molecule has 266 valence electrons. The van der Waals surface area contributed by atoms with Gasteiger partial charge in [0, 0.05) is 59.7 Å². The standard InChI is InChI=1S/C48H50N5/c1-32-23-44-45(24-33(32)2)53(30-52(44,31-53)38-15-11-10-12-16-38)39-26-35(48(6,7)8)25-37(28-39)50(9)36-19-20-41-40-17-13-14-18-42(40)51(43(41)29-36)46-27-34(21-22-49-46)47(3,4)5/h10-30H,31H2,1-9H3/q+1/t52-,53+/m0/s1. The van der Waals surface area contributed by atoms with Gasteiger partial charge in [-0.3, -0.25) is 13.5 Å². The maximum absolute atomic E-state index is 4.93. The second-order valence-corrected chi connectivity index (χ2v) is 17.5. The van der Waals surface area contributed by atoms with Crippen LogP contribution in [0.3, 0.4) is 0 Å². The number of quaternary nitrogens is 2. The van der Waals surface area contributed by atoms with Crippen molar-refractivity contribution in [3.05, 3.63) is 150 Å². The minimum Gasteiger partial charge on any atom is -0.344 e. The molecular weight excluding hydrogens is 647 g/mol. The fourth-order valence-electron chi connectivity index (χ4n) is 8.66. The lowest BCUT2D eigenvalue weighted by Gasteiger charge is -2.56. The van der Waals surface area contributed by atoms with Crippen LogP contribution in [-0.4, -0.2) is 23.3 Å². The van der Waals surface area contributed by atoms with E-state index >= 15 is 0 Å². The molecule has 2 bridgehead atoms. The summed E-state index contributed by atoms with van der Waals surface area (Å²) < 4.78 is 3.85. The van der Waals surface area contributed by atoms with Gasteiger partial charge in [-0.2, -0.15) is 0 Å². The summed E-state index contributed by atoms with van der Waals surface area (Å²) in [5.41, 5.74) is 15.3. The number of fused-ring (bicyclic) bond motifs is 3. The highest BCUT2D eigenvalue weighted by Gasteiger charge is 2.63. The minimum atomic E-state index is -0.0357. The number of rotatable bonds is 5. The lowest BCUT2D eigenvalue weighted by Crippen LogP contribution is -2.67. The van der Waals surface area contributed by atoms with Crippen molar-refractivity contribution in [2.75, 3.05) is 18.6 Å². The quantitative estimate of drug-likeness (QED) is 0.132. The average molecular weight is 697 g/mol. The van der Waals surface area contributed by atoms with Gasteiger partial charge in [0.15, 0.2) is 18.0 Å². The first-order valence-corrected chi connectivity index (χ1v) is 18.9. The first-order chi connectivity index (χ1) is 25.2. The van der Waals surface area contributed by atoms with Gasteiger partial charge < -0.3 is 4.90 Å². The average Bonchev–Trinajstić information content (AvgIpc) is 3.70. The number of benzene rings is 5. The van der Waals surface area contributed by atoms with Crippen molar-refractivity contribution in [3.63, 3.8) is 0 Å². The van der Waals surface area contributed by atoms with E-state index in [1.807, 2.05) is 6.20 Å². The Kier molecular flexibility index (Phi) is 7.22. The SMILES string of the molecule is Cc1cc2c(cc1C)[N@+]1(c3cc(N(C)c4ccc5c6ccccc6n(-c6cc(C(C)(C)C)ccn6)c5c4)cc(C(C)(C)C)c3)[CH-][N@@+]2(c2ccccc2)C1. The zero-order valence-corrected chi connectivity index (χ0v) is 32.6. The van der Waals surface area contributed by atoms with Crippen LogP contribution in [0, 0.1) is 20.5 Å². The molecule has 0 unspecified atom stereocenters. The maximum atomic E-state index is 4.93. The first-order valence-electron chi connectivity index (χ1n) is 18.9. The van der Waals surface area contributed by atoms with Crippen LogP contribution in [0.25, 0.3) is 27.6 Å². The van der Waals surface area contributed by atoms with Crippen molar-refractivity contribution in [2.24, 2.45) is 0 Å². The number of hydrogen-bond acceptors (Lipinski definition) is 2. The van der Waals surface area contributed by atoms with Gasteiger partial charge in [-0.25, -0.2) is 4.98 Å². The molecule has 5 aromatic carbocycles. The highest BCUT2D eigenvalue weighted by atomic mass is 15.7. The second-order valence-electron chi connectivity index (χ2n) is 17.5. The van der Waals surface area contributed by atoms with E-state index in [0.717, 1.165) is 32.7 Å². The molecule has 5 nitrogen and oxygen atoms in total. The van der Waals surface area contributed by atoms with Crippen LogP contribution in [-0.2, 0) is 10.8 Å². The molecule has 1 fully saturated rings. The highest BCUT2D eigenvalue weighted by Crippen LogP contribution is 2.65. The fraction of sp³-hybridized carbons (Fsp3) is 0.250. The zero-order valence-electron chi connectivity index (χ0n) is 32.6. The van der Waals surface area contributed by atoms with Gasteiger partial charge in [0.05, 0.1) is 17.7 Å². The van der Waals surface area contributed by atoms with Crippen molar-refractivity contribution >= 4 is 55.9 Å². The number of aryl methyl sites for hydroxylation is 2. The highest BCUT2D eigenvalue weighted by molar-refractivity contribution is 6.10. The van der Waals surface area contributed by atoms with Crippen molar-refractivity contribution in [1.29, 1.82) is 0 Å². The lowest BCUT2D eigenvalue weighted by molar-refractivity contribution is 0.187. The van der Waals surface area contributed by atoms with Gasteiger partial charge in [-0.05, 0) is 95.5 Å². The van der Waals surface area contributed by atoms with E-state index in [1.165, 1.54) is 67.0 Å². The second kappa shape index (κ2) is 11.4. The number of hydrogen-bond donors (Lipinski definition) is 0. The smallest absolute Gasteiger partial charge is 0.186 e. The third-order valence-corrected chi connectivity index (χ3v) is 12.0. The van der Waals surface area contributed by atoms with Crippen LogP contribution < -0.4 is 13.9 Å².